The van der Waals surface area contributed by atoms with E-state index in [0.717, 1.165) is 40.0 Å². The first-order valence-electron chi connectivity index (χ1n) is 7.13. The lowest BCUT2D eigenvalue weighted by molar-refractivity contribution is 0.618. The fourth-order valence-electron chi connectivity index (χ4n) is 2.00. The van der Waals surface area contributed by atoms with Crippen LogP contribution in [0.2, 0.25) is 0 Å². The third-order valence-corrected chi connectivity index (χ3v) is 4.35. The van der Waals surface area contributed by atoms with Gasteiger partial charge in [0.15, 0.2) is 5.82 Å². The van der Waals surface area contributed by atoms with Crippen LogP contribution in [0.3, 0.4) is 0 Å². The summed E-state index contributed by atoms with van der Waals surface area (Å²) >= 11 is 2.28. The second kappa shape index (κ2) is 7.15. The van der Waals surface area contributed by atoms with Crippen LogP contribution in [-0.2, 0) is 6.42 Å². The van der Waals surface area contributed by atoms with E-state index in [4.69, 9.17) is 0 Å². The molecule has 5 heteroatoms. The number of aromatic nitrogens is 2. The summed E-state index contributed by atoms with van der Waals surface area (Å²) in [6.07, 6.45) is 1.88. The molecule has 1 aromatic heterocycles. The lowest BCUT2D eigenvalue weighted by atomic mass is 10.1. The number of halogens is 2. The fraction of sp³-hybridized carbons (Fsp3) is 0.375. The van der Waals surface area contributed by atoms with Crippen molar-refractivity contribution in [3.05, 3.63) is 38.8 Å². The Balaban J connectivity index is 2.49. The highest BCUT2D eigenvalue weighted by Gasteiger charge is 2.12. The van der Waals surface area contributed by atoms with Crippen molar-refractivity contribution in [3.8, 4) is 11.4 Å². The van der Waals surface area contributed by atoms with E-state index in [0.29, 0.717) is 11.4 Å². The summed E-state index contributed by atoms with van der Waals surface area (Å²) in [5.41, 5.74) is 2.47. The van der Waals surface area contributed by atoms with Gasteiger partial charge in [-0.1, -0.05) is 13.8 Å². The molecule has 0 bridgehead atoms. The predicted octanol–water partition coefficient (Wildman–Crippen LogP) is 4.58. The molecule has 0 aliphatic heterocycles. The normalized spacial score (nSPS) is 10.7. The quantitative estimate of drug-likeness (QED) is 0.748. The molecule has 1 N–H and O–H groups in total. The van der Waals surface area contributed by atoms with Crippen LogP contribution in [0.25, 0.3) is 11.4 Å². The lowest BCUT2D eigenvalue weighted by Gasteiger charge is -2.12. The summed E-state index contributed by atoms with van der Waals surface area (Å²) in [6.45, 7) is 6.82. The van der Waals surface area contributed by atoms with Crippen molar-refractivity contribution >= 4 is 28.4 Å². The molecule has 0 radical (unpaired) electrons. The van der Waals surface area contributed by atoms with E-state index in [1.165, 1.54) is 6.07 Å². The maximum atomic E-state index is 13.4. The molecule has 0 aliphatic rings. The number of nitrogens with zero attached hydrogens (tertiary/aromatic N) is 2. The number of hydrogen-bond donors (Lipinski definition) is 1. The first-order valence-corrected chi connectivity index (χ1v) is 8.21. The van der Waals surface area contributed by atoms with E-state index in [2.05, 4.69) is 51.7 Å². The molecule has 0 spiro atoms. The van der Waals surface area contributed by atoms with Gasteiger partial charge in [0.05, 0.1) is 9.26 Å². The van der Waals surface area contributed by atoms with Crippen molar-refractivity contribution in [2.75, 3.05) is 11.9 Å². The Morgan fingerprint density at radius 3 is 2.62 bits per heavy atom. The van der Waals surface area contributed by atoms with Gasteiger partial charge in [0.2, 0.25) is 0 Å². The van der Waals surface area contributed by atoms with Crippen LogP contribution in [0.15, 0.2) is 18.2 Å². The molecule has 0 amide bonds. The number of hydrogen-bond acceptors (Lipinski definition) is 3. The van der Waals surface area contributed by atoms with E-state index in [1.54, 1.807) is 19.1 Å². The van der Waals surface area contributed by atoms with Gasteiger partial charge in [-0.3, -0.25) is 0 Å². The Hall–Kier alpha value is -1.24. The number of rotatable bonds is 5. The molecule has 21 heavy (non-hydrogen) atoms. The van der Waals surface area contributed by atoms with Crippen LogP contribution in [-0.4, -0.2) is 16.5 Å². The smallest absolute Gasteiger partial charge is 0.161 e. The molecule has 1 aromatic carbocycles. The lowest BCUT2D eigenvalue weighted by Crippen LogP contribution is -2.09. The number of nitrogens with one attached hydrogen (secondary N) is 1. The maximum absolute atomic E-state index is 13.4. The Labute approximate surface area is 138 Å². The molecule has 0 unspecified atom stereocenters. The predicted molar refractivity (Wildman–Crippen MR) is 93.0 cm³/mol. The highest BCUT2D eigenvalue weighted by molar-refractivity contribution is 14.1. The summed E-state index contributed by atoms with van der Waals surface area (Å²) < 4.78 is 14.5. The molecule has 112 valence electrons. The van der Waals surface area contributed by atoms with E-state index in [1.807, 2.05) is 0 Å². The summed E-state index contributed by atoms with van der Waals surface area (Å²) in [6, 6.07) is 4.99. The van der Waals surface area contributed by atoms with E-state index < -0.39 is 0 Å². The Morgan fingerprint density at radius 2 is 2.00 bits per heavy atom. The van der Waals surface area contributed by atoms with Gasteiger partial charge in [0.25, 0.3) is 0 Å². The maximum Gasteiger partial charge on any atom is 0.161 e. The largest absolute Gasteiger partial charge is 0.369 e. The second-order valence-corrected chi connectivity index (χ2v) is 5.98. The van der Waals surface area contributed by atoms with Gasteiger partial charge < -0.3 is 5.32 Å². The van der Waals surface area contributed by atoms with Crippen molar-refractivity contribution in [2.45, 2.75) is 33.6 Å². The zero-order valence-electron chi connectivity index (χ0n) is 12.5. The van der Waals surface area contributed by atoms with Crippen LogP contribution >= 0.6 is 22.6 Å². The zero-order valence-corrected chi connectivity index (χ0v) is 14.7. The molecule has 0 saturated carbocycles. The number of anilines is 1. The minimum atomic E-state index is -0.204. The van der Waals surface area contributed by atoms with Crippen LogP contribution < -0.4 is 5.32 Å². The van der Waals surface area contributed by atoms with Crippen LogP contribution in [0.1, 0.15) is 31.5 Å². The van der Waals surface area contributed by atoms with E-state index in [-0.39, 0.29) is 5.82 Å². The minimum absolute atomic E-state index is 0.204. The molecular formula is C16H19FIN3. The molecular weight excluding hydrogens is 380 g/mol. The molecule has 2 aromatic rings. The van der Waals surface area contributed by atoms with Crippen molar-refractivity contribution in [3.63, 3.8) is 0 Å². The number of benzene rings is 1. The van der Waals surface area contributed by atoms with Crippen LogP contribution in [0.4, 0.5) is 10.2 Å². The highest BCUT2D eigenvalue weighted by Crippen LogP contribution is 2.25. The van der Waals surface area contributed by atoms with Crippen LogP contribution in [0.5, 0.6) is 0 Å². The zero-order chi connectivity index (χ0) is 15.4. The first kappa shape index (κ1) is 16.1. The molecule has 2 rings (SSSR count). The van der Waals surface area contributed by atoms with Crippen LogP contribution in [0, 0.1) is 16.3 Å². The Bertz CT molecular complexity index is 644. The van der Waals surface area contributed by atoms with Gasteiger partial charge in [0, 0.05) is 12.1 Å². The van der Waals surface area contributed by atoms with Gasteiger partial charge >= 0.3 is 0 Å². The van der Waals surface area contributed by atoms with Gasteiger partial charge in [-0.05, 0) is 66.1 Å². The van der Waals surface area contributed by atoms with Gasteiger partial charge in [-0.25, -0.2) is 14.4 Å². The molecule has 3 nitrogen and oxygen atoms in total. The van der Waals surface area contributed by atoms with E-state index >= 15 is 0 Å². The van der Waals surface area contributed by atoms with Gasteiger partial charge in [0.1, 0.15) is 11.6 Å². The summed E-state index contributed by atoms with van der Waals surface area (Å²) in [7, 11) is 0. The fourth-order valence-corrected chi connectivity index (χ4v) is 2.81. The molecule has 0 atom stereocenters. The van der Waals surface area contributed by atoms with Gasteiger partial charge in [-0.15, -0.1) is 0 Å². The monoisotopic (exact) mass is 399 g/mol. The van der Waals surface area contributed by atoms with Crippen molar-refractivity contribution in [2.24, 2.45) is 0 Å². The molecule has 0 aliphatic carbocycles. The molecule has 1 heterocycles. The number of aryl methyl sites for hydroxylation is 2. The molecule has 0 saturated heterocycles. The van der Waals surface area contributed by atoms with Crippen molar-refractivity contribution in [1.29, 1.82) is 0 Å². The summed E-state index contributed by atoms with van der Waals surface area (Å²) in [5.74, 6) is 1.31. The second-order valence-electron chi connectivity index (χ2n) is 4.90. The SMILES string of the molecule is CCCNc1nc(-c2ccc(F)c(C)c2)nc(CC)c1I. The Morgan fingerprint density at radius 1 is 1.24 bits per heavy atom. The van der Waals surface area contributed by atoms with Crippen molar-refractivity contribution < 1.29 is 4.39 Å². The average molecular weight is 399 g/mol. The summed E-state index contributed by atoms with van der Waals surface area (Å²) in [4.78, 5) is 9.23. The van der Waals surface area contributed by atoms with E-state index in [9.17, 15) is 4.39 Å². The highest BCUT2D eigenvalue weighted by atomic mass is 127. The third kappa shape index (κ3) is 3.70. The third-order valence-electron chi connectivity index (χ3n) is 3.21. The molecule has 0 fully saturated rings. The first-order chi connectivity index (χ1) is 10.1. The topological polar surface area (TPSA) is 37.8 Å². The average Bonchev–Trinajstić information content (AvgIpc) is 2.49. The Kier molecular flexibility index (Phi) is 5.50. The summed E-state index contributed by atoms with van der Waals surface area (Å²) in [5, 5.41) is 3.34. The van der Waals surface area contributed by atoms with Crippen molar-refractivity contribution in [1.82, 2.24) is 9.97 Å². The minimum Gasteiger partial charge on any atom is -0.369 e. The van der Waals surface area contributed by atoms with Gasteiger partial charge in [-0.2, -0.15) is 0 Å². The standard InChI is InChI=1S/C16H19FIN3/c1-4-8-19-16-14(18)13(5-2)20-15(21-16)11-6-7-12(17)10(3)9-11/h6-7,9H,4-5,8H2,1-3H3,(H,19,20,21).